The average molecular weight is 114 g/mol. The molecule has 0 aromatic heterocycles. The Kier molecular flexibility index (Phi) is 96.7. The molecule has 0 rings (SSSR count). The Morgan fingerprint density at radius 1 is 1.00 bits per heavy atom. The van der Waals surface area contributed by atoms with Crippen LogP contribution in [-0.2, 0) is 0 Å². The van der Waals surface area contributed by atoms with Gasteiger partial charge in [-0.05, 0) is 0 Å². The molecule has 10 N–H and O–H groups in total. The highest BCUT2D eigenvalue weighted by Gasteiger charge is 1.60. The molecular weight excluding hydrogens is 104 g/mol. The second-order valence-corrected chi connectivity index (χ2v) is 0.402. The molecule has 6 heteroatoms. The van der Waals surface area contributed by atoms with Crippen LogP contribution >= 0.6 is 0 Å². The third kappa shape index (κ3) is 70.7. The third-order valence-electron chi connectivity index (χ3n) is 0. The van der Waals surface area contributed by atoms with E-state index >= 15 is 0 Å². The molecule has 0 aromatic carbocycles. The summed E-state index contributed by atoms with van der Waals surface area (Å²) in [6.07, 6.45) is 0. The summed E-state index contributed by atoms with van der Waals surface area (Å²) in [6, 6.07) is -0.833. The molecule has 0 bridgehead atoms. The first-order valence-electron chi connectivity index (χ1n) is 0.781. The van der Waals surface area contributed by atoms with Crippen molar-refractivity contribution in [1.29, 1.82) is 0 Å². The van der Waals surface area contributed by atoms with Gasteiger partial charge in [0.25, 0.3) is 0 Å². The number of hydrogen-bond donors (Lipinski definition) is 2. The SMILES string of the molecule is NC(N)=O.O.O.O. The molecular formula is CH10N2O4. The number of rotatable bonds is 0. The molecule has 6 nitrogen and oxygen atoms in total. The van der Waals surface area contributed by atoms with Crippen molar-refractivity contribution in [1.82, 2.24) is 0 Å². The summed E-state index contributed by atoms with van der Waals surface area (Å²) in [4.78, 5) is 9.00. The fraction of sp³-hybridized carbons (Fsp3) is 0. The standard InChI is InChI=1S/CH4N2O.3H2O/c2-1(3)4;;;/h(H4,2,3,4);3*1H2. The summed E-state index contributed by atoms with van der Waals surface area (Å²) in [5.41, 5.74) is 8.50. The number of urea groups is 1. The van der Waals surface area contributed by atoms with Gasteiger partial charge in [-0.25, -0.2) is 4.79 Å². The maximum atomic E-state index is 9.00. The van der Waals surface area contributed by atoms with Crippen LogP contribution in [0.4, 0.5) is 4.79 Å². The second-order valence-electron chi connectivity index (χ2n) is 0.402. The normalized spacial score (nSPS) is 3.43. The lowest BCUT2D eigenvalue weighted by atomic mass is 11.2. The van der Waals surface area contributed by atoms with Crippen molar-refractivity contribution in [3.05, 3.63) is 0 Å². The van der Waals surface area contributed by atoms with Crippen molar-refractivity contribution in [2.24, 2.45) is 11.5 Å². The minimum Gasteiger partial charge on any atom is -0.412 e. The number of carbonyl (C=O) groups excluding carboxylic acids is 1. The maximum absolute atomic E-state index is 9.00. The van der Waals surface area contributed by atoms with E-state index in [9.17, 15) is 0 Å². The van der Waals surface area contributed by atoms with Crippen LogP contribution in [-0.4, -0.2) is 22.5 Å². The van der Waals surface area contributed by atoms with Crippen molar-refractivity contribution >= 4 is 6.03 Å². The van der Waals surface area contributed by atoms with Crippen LogP contribution < -0.4 is 11.5 Å². The van der Waals surface area contributed by atoms with Crippen LogP contribution in [0.2, 0.25) is 0 Å². The van der Waals surface area contributed by atoms with Crippen molar-refractivity contribution in [3.8, 4) is 0 Å². The van der Waals surface area contributed by atoms with Crippen LogP contribution in [0.25, 0.3) is 0 Å². The van der Waals surface area contributed by atoms with Crippen LogP contribution in [0.5, 0.6) is 0 Å². The zero-order valence-electron chi connectivity index (χ0n) is 3.56. The molecule has 0 heterocycles. The molecule has 7 heavy (non-hydrogen) atoms. The van der Waals surface area contributed by atoms with E-state index in [-0.39, 0.29) is 16.4 Å². The molecule has 0 aliphatic rings. The fourth-order valence-corrected chi connectivity index (χ4v) is 0. The molecule has 48 valence electrons. The van der Waals surface area contributed by atoms with E-state index < -0.39 is 6.03 Å². The molecule has 0 radical (unpaired) electrons. The van der Waals surface area contributed by atoms with Gasteiger partial charge in [-0.3, -0.25) is 0 Å². The van der Waals surface area contributed by atoms with Gasteiger partial charge < -0.3 is 27.9 Å². The first kappa shape index (κ1) is 35.3. The lowest BCUT2D eigenvalue weighted by molar-refractivity contribution is 0.256. The molecule has 0 spiro atoms. The number of amides is 2. The molecule has 0 aliphatic carbocycles. The van der Waals surface area contributed by atoms with Crippen molar-refractivity contribution in [3.63, 3.8) is 0 Å². The quantitative estimate of drug-likeness (QED) is 0.329. The topological polar surface area (TPSA) is 164 Å². The van der Waals surface area contributed by atoms with Gasteiger partial charge in [-0.2, -0.15) is 0 Å². The van der Waals surface area contributed by atoms with E-state index in [2.05, 4.69) is 11.5 Å². The van der Waals surface area contributed by atoms with Crippen LogP contribution in [0.1, 0.15) is 0 Å². The molecule has 0 saturated heterocycles. The zero-order valence-corrected chi connectivity index (χ0v) is 3.56. The maximum Gasteiger partial charge on any atom is 0.309 e. The molecule has 0 aromatic rings. The van der Waals surface area contributed by atoms with Gasteiger partial charge in [0.05, 0.1) is 0 Å². The van der Waals surface area contributed by atoms with Crippen LogP contribution in [0.15, 0.2) is 0 Å². The van der Waals surface area contributed by atoms with E-state index in [1.807, 2.05) is 0 Å². The predicted molar refractivity (Wildman–Crippen MR) is 24.6 cm³/mol. The van der Waals surface area contributed by atoms with E-state index in [1.54, 1.807) is 0 Å². The van der Waals surface area contributed by atoms with E-state index in [0.717, 1.165) is 0 Å². The zero-order chi connectivity index (χ0) is 3.58. The van der Waals surface area contributed by atoms with Crippen LogP contribution in [0, 0.1) is 0 Å². The van der Waals surface area contributed by atoms with Gasteiger partial charge in [0, 0.05) is 0 Å². The summed E-state index contributed by atoms with van der Waals surface area (Å²) < 4.78 is 0. The first-order chi connectivity index (χ1) is 1.73. The van der Waals surface area contributed by atoms with Gasteiger partial charge in [0.1, 0.15) is 0 Å². The first-order valence-corrected chi connectivity index (χ1v) is 0.781. The number of hydrogen-bond acceptors (Lipinski definition) is 1. The Labute approximate surface area is 40.0 Å². The fourth-order valence-electron chi connectivity index (χ4n) is 0. The van der Waals surface area contributed by atoms with Gasteiger partial charge in [-0.15, -0.1) is 0 Å². The minimum absolute atomic E-state index is 0. The Morgan fingerprint density at radius 2 is 1.00 bits per heavy atom. The summed E-state index contributed by atoms with van der Waals surface area (Å²) in [5.74, 6) is 0. The molecule has 0 aliphatic heterocycles. The predicted octanol–water partition coefficient (Wildman–Crippen LogP) is -3.45. The lowest BCUT2D eigenvalue weighted by Gasteiger charge is -1.62. The molecule has 0 atom stereocenters. The number of primary amides is 2. The molecule has 2 amide bonds. The number of carbonyl (C=O) groups is 1. The smallest absolute Gasteiger partial charge is 0.309 e. The summed E-state index contributed by atoms with van der Waals surface area (Å²) in [6.45, 7) is 0. The summed E-state index contributed by atoms with van der Waals surface area (Å²) in [5, 5.41) is 0. The molecule has 0 unspecified atom stereocenters. The minimum atomic E-state index is -0.833. The Hall–Kier alpha value is -0.850. The molecule has 0 saturated carbocycles. The third-order valence-corrected chi connectivity index (χ3v) is 0. The van der Waals surface area contributed by atoms with Crippen molar-refractivity contribution < 1.29 is 21.2 Å². The van der Waals surface area contributed by atoms with Crippen LogP contribution in [0.3, 0.4) is 0 Å². The Bertz CT molecular complexity index is 32.7. The largest absolute Gasteiger partial charge is 0.412 e. The Morgan fingerprint density at radius 3 is 1.00 bits per heavy atom. The Balaban J connectivity index is -0.0000000150. The summed E-state index contributed by atoms with van der Waals surface area (Å²) in [7, 11) is 0. The van der Waals surface area contributed by atoms with Crippen molar-refractivity contribution in [2.45, 2.75) is 0 Å². The molecule has 0 fully saturated rings. The van der Waals surface area contributed by atoms with Gasteiger partial charge in [0.15, 0.2) is 0 Å². The van der Waals surface area contributed by atoms with Crippen molar-refractivity contribution in [2.75, 3.05) is 0 Å². The highest BCUT2D eigenvalue weighted by Crippen LogP contribution is 1.25. The van der Waals surface area contributed by atoms with Gasteiger partial charge in [-0.1, -0.05) is 0 Å². The van der Waals surface area contributed by atoms with E-state index in [4.69, 9.17) is 4.79 Å². The number of nitrogens with two attached hydrogens (primary N) is 2. The summed E-state index contributed by atoms with van der Waals surface area (Å²) >= 11 is 0. The second kappa shape index (κ2) is 19.2. The van der Waals surface area contributed by atoms with Gasteiger partial charge >= 0.3 is 6.03 Å². The highest BCUT2D eigenvalue weighted by molar-refractivity contribution is 5.69. The average Bonchev–Trinajstić information content (AvgIpc) is 0.811. The monoisotopic (exact) mass is 114 g/mol. The van der Waals surface area contributed by atoms with E-state index in [1.165, 1.54) is 0 Å². The highest BCUT2D eigenvalue weighted by atomic mass is 16.2. The van der Waals surface area contributed by atoms with Gasteiger partial charge in [0.2, 0.25) is 0 Å². The van der Waals surface area contributed by atoms with E-state index in [0.29, 0.717) is 0 Å². The lowest BCUT2D eigenvalue weighted by Crippen LogP contribution is -2.18.